The number of aliphatic hydroxyl groups excluding tert-OH is 1. The molecule has 0 aromatic heterocycles. The molecule has 19 heavy (non-hydrogen) atoms. The van der Waals surface area contributed by atoms with Crippen molar-refractivity contribution in [2.75, 3.05) is 13.2 Å². The molecule has 0 saturated carbocycles. The third kappa shape index (κ3) is 6.28. The average molecular weight is 261 g/mol. The van der Waals surface area contributed by atoms with Crippen LogP contribution in [0.25, 0.3) is 0 Å². The van der Waals surface area contributed by atoms with E-state index in [9.17, 15) is 5.11 Å². The molecule has 2 N–H and O–H groups in total. The largest absolute Gasteiger partial charge is 0.481 e. The van der Waals surface area contributed by atoms with Crippen LogP contribution < -0.4 is 10.1 Å². The molecule has 0 aliphatic carbocycles. The van der Waals surface area contributed by atoms with Gasteiger partial charge in [-0.15, -0.1) is 6.42 Å². The number of para-hydroxylation sites is 1. The summed E-state index contributed by atoms with van der Waals surface area (Å²) in [7, 11) is 0. The summed E-state index contributed by atoms with van der Waals surface area (Å²) < 4.78 is 5.47. The van der Waals surface area contributed by atoms with Crippen molar-refractivity contribution in [1.82, 2.24) is 5.32 Å². The van der Waals surface area contributed by atoms with Crippen LogP contribution in [0.1, 0.15) is 25.8 Å². The lowest BCUT2D eigenvalue weighted by Gasteiger charge is -2.15. The van der Waals surface area contributed by atoms with E-state index in [2.05, 4.69) is 25.1 Å². The molecule has 1 aromatic carbocycles. The molecule has 0 bridgehead atoms. The average Bonchev–Trinajstić information content (AvgIpc) is 2.36. The van der Waals surface area contributed by atoms with Crippen LogP contribution in [-0.2, 0) is 6.54 Å². The van der Waals surface area contributed by atoms with Crippen molar-refractivity contribution >= 4 is 0 Å². The van der Waals surface area contributed by atoms with Gasteiger partial charge in [-0.3, -0.25) is 0 Å². The summed E-state index contributed by atoms with van der Waals surface area (Å²) >= 11 is 0. The van der Waals surface area contributed by atoms with Gasteiger partial charge in [0.25, 0.3) is 0 Å². The molecule has 0 radical (unpaired) electrons. The highest BCUT2D eigenvalue weighted by atomic mass is 16.5. The van der Waals surface area contributed by atoms with Gasteiger partial charge in [0.1, 0.15) is 12.4 Å². The van der Waals surface area contributed by atoms with Gasteiger partial charge in [0.2, 0.25) is 0 Å². The van der Waals surface area contributed by atoms with E-state index in [0.29, 0.717) is 19.0 Å². The highest BCUT2D eigenvalue weighted by Gasteiger charge is 2.07. The van der Waals surface area contributed by atoms with Crippen LogP contribution in [0, 0.1) is 18.3 Å². The van der Waals surface area contributed by atoms with Gasteiger partial charge in [-0.05, 0) is 18.4 Å². The van der Waals surface area contributed by atoms with Crippen LogP contribution in [0.15, 0.2) is 24.3 Å². The minimum absolute atomic E-state index is 0.271. The van der Waals surface area contributed by atoms with Crippen molar-refractivity contribution in [3.8, 4) is 18.1 Å². The van der Waals surface area contributed by atoms with Crippen molar-refractivity contribution in [2.45, 2.75) is 32.9 Å². The van der Waals surface area contributed by atoms with E-state index in [1.807, 2.05) is 24.3 Å². The molecule has 0 aliphatic rings. The first-order chi connectivity index (χ1) is 9.13. The number of rotatable bonds is 8. The smallest absolute Gasteiger partial charge is 0.148 e. The Morgan fingerprint density at radius 2 is 2.11 bits per heavy atom. The van der Waals surface area contributed by atoms with Gasteiger partial charge in [0.05, 0.1) is 6.10 Å². The Morgan fingerprint density at radius 1 is 1.37 bits per heavy atom. The highest BCUT2D eigenvalue weighted by molar-refractivity contribution is 5.33. The lowest BCUT2D eigenvalue weighted by atomic mass is 10.1. The second-order valence-electron chi connectivity index (χ2n) is 5.01. The Bertz CT molecular complexity index is 409. The van der Waals surface area contributed by atoms with Gasteiger partial charge in [-0.2, -0.15) is 0 Å². The zero-order chi connectivity index (χ0) is 14.1. The van der Waals surface area contributed by atoms with Crippen molar-refractivity contribution in [3.05, 3.63) is 29.8 Å². The maximum Gasteiger partial charge on any atom is 0.148 e. The zero-order valence-electron chi connectivity index (χ0n) is 11.7. The summed E-state index contributed by atoms with van der Waals surface area (Å²) in [4.78, 5) is 0. The summed E-state index contributed by atoms with van der Waals surface area (Å²) in [6.07, 6.45) is 5.69. The molecule has 1 atom stereocenters. The minimum Gasteiger partial charge on any atom is -0.481 e. The van der Waals surface area contributed by atoms with Crippen LogP contribution in [0.2, 0.25) is 0 Å². The summed E-state index contributed by atoms with van der Waals surface area (Å²) in [6.45, 7) is 5.73. The second kappa shape index (κ2) is 8.58. The monoisotopic (exact) mass is 261 g/mol. The van der Waals surface area contributed by atoms with E-state index in [4.69, 9.17) is 11.2 Å². The van der Waals surface area contributed by atoms with E-state index in [1.54, 1.807) is 0 Å². The van der Waals surface area contributed by atoms with E-state index < -0.39 is 0 Å². The number of aliphatic hydroxyl groups is 1. The third-order valence-corrected chi connectivity index (χ3v) is 2.72. The summed E-state index contributed by atoms with van der Waals surface area (Å²) in [5.41, 5.74) is 1.05. The van der Waals surface area contributed by atoms with Gasteiger partial charge < -0.3 is 15.2 Å². The molecule has 1 aromatic rings. The fourth-order valence-corrected chi connectivity index (χ4v) is 1.91. The van der Waals surface area contributed by atoms with Gasteiger partial charge in [0.15, 0.2) is 0 Å². The lowest BCUT2D eigenvalue weighted by molar-refractivity contribution is 0.146. The molecule has 0 aliphatic heterocycles. The Labute approximate surface area is 116 Å². The van der Waals surface area contributed by atoms with E-state index in [-0.39, 0.29) is 12.7 Å². The molecular formula is C16H23NO2. The molecule has 0 saturated heterocycles. The maximum atomic E-state index is 9.79. The topological polar surface area (TPSA) is 41.5 Å². The number of hydrogen-bond donors (Lipinski definition) is 2. The highest BCUT2D eigenvalue weighted by Crippen LogP contribution is 2.17. The predicted molar refractivity (Wildman–Crippen MR) is 77.9 cm³/mol. The van der Waals surface area contributed by atoms with E-state index in [0.717, 1.165) is 17.7 Å². The van der Waals surface area contributed by atoms with Gasteiger partial charge in [0, 0.05) is 18.7 Å². The van der Waals surface area contributed by atoms with Crippen LogP contribution in [0.5, 0.6) is 5.75 Å². The maximum absolute atomic E-state index is 9.79. The number of ether oxygens (including phenoxy) is 1. The number of nitrogens with one attached hydrogen (secondary N) is 1. The molecule has 3 nitrogen and oxygen atoms in total. The molecule has 3 heteroatoms. The second-order valence-corrected chi connectivity index (χ2v) is 5.01. The number of hydrogen-bond acceptors (Lipinski definition) is 3. The molecule has 0 heterocycles. The summed E-state index contributed by atoms with van der Waals surface area (Å²) in [6, 6.07) is 7.78. The van der Waals surface area contributed by atoms with Crippen molar-refractivity contribution in [2.24, 2.45) is 5.92 Å². The number of terminal acetylenes is 1. The van der Waals surface area contributed by atoms with Gasteiger partial charge in [-0.25, -0.2) is 0 Å². The Kier molecular flexibility index (Phi) is 7.02. The van der Waals surface area contributed by atoms with Gasteiger partial charge in [-0.1, -0.05) is 38.0 Å². The van der Waals surface area contributed by atoms with Crippen LogP contribution in [0.4, 0.5) is 0 Å². The fraction of sp³-hybridized carbons (Fsp3) is 0.500. The van der Waals surface area contributed by atoms with Crippen molar-refractivity contribution < 1.29 is 9.84 Å². The molecular weight excluding hydrogens is 238 g/mol. The molecule has 1 rings (SSSR count). The number of benzene rings is 1. The first kappa shape index (κ1) is 15.6. The summed E-state index contributed by atoms with van der Waals surface area (Å²) in [5, 5.41) is 13.0. The van der Waals surface area contributed by atoms with Gasteiger partial charge >= 0.3 is 0 Å². The Balaban J connectivity index is 2.42. The first-order valence-corrected chi connectivity index (χ1v) is 6.66. The minimum atomic E-state index is -0.307. The van der Waals surface area contributed by atoms with Crippen LogP contribution in [-0.4, -0.2) is 24.4 Å². The SMILES string of the molecule is C#CCOc1ccccc1CNCC(O)CC(C)C. The van der Waals surface area contributed by atoms with Crippen LogP contribution in [0.3, 0.4) is 0 Å². The molecule has 0 fully saturated rings. The molecule has 1 unspecified atom stereocenters. The van der Waals surface area contributed by atoms with Crippen molar-refractivity contribution in [1.29, 1.82) is 0 Å². The molecule has 0 amide bonds. The molecule has 104 valence electrons. The van der Waals surface area contributed by atoms with Crippen LogP contribution >= 0.6 is 0 Å². The van der Waals surface area contributed by atoms with Crippen molar-refractivity contribution in [3.63, 3.8) is 0 Å². The Hall–Kier alpha value is -1.50. The third-order valence-electron chi connectivity index (χ3n) is 2.72. The quantitative estimate of drug-likeness (QED) is 0.705. The zero-order valence-corrected chi connectivity index (χ0v) is 11.7. The molecule has 0 spiro atoms. The standard InChI is InChI=1S/C16H23NO2/c1-4-9-19-16-8-6-5-7-14(16)11-17-12-15(18)10-13(2)3/h1,5-8,13,15,17-18H,9-12H2,2-3H3. The summed E-state index contributed by atoms with van der Waals surface area (Å²) in [5.74, 6) is 3.76. The normalized spacial score (nSPS) is 12.2. The first-order valence-electron chi connectivity index (χ1n) is 6.66. The fourth-order valence-electron chi connectivity index (χ4n) is 1.91. The Morgan fingerprint density at radius 3 is 2.79 bits per heavy atom. The lowest BCUT2D eigenvalue weighted by Crippen LogP contribution is -2.27. The van der Waals surface area contributed by atoms with E-state index in [1.165, 1.54) is 0 Å². The predicted octanol–water partition coefficient (Wildman–Crippen LogP) is 2.20. The van der Waals surface area contributed by atoms with E-state index >= 15 is 0 Å².